The predicted molar refractivity (Wildman–Crippen MR) is 72.9 cm³/mol. The van der Waals surface area contributed by atoms with Crippen molar-refractivity contribution < 1.29 is 18.5 Å². The molecule has 0 aliphatic heterocycles. The summed E-state index contributed by atoms with van der Waals surface area (Å²) in [5.41, 5.74) is -2.03. The van der Waals surface area contributed by atoms with E-state index in [1.54, 1.807) is 0 Å². The Labute approximate surface area is 122 Å². The lowest BCUT2D eigenvalue weighted by atomic mass is 9.96. The maximum Gasteiger partial charge on any atom is 0.308 e. The van der Waals surface area contributed by atoms with Crippen molar-refractivity contribution in [2.45, 2.75) is 13.8 Å². The van der Waals surface area contributed by atoms with Gasteiger partial charge in [0.25, 0.3) is 5.91 Å². The number of nitrogens with zero attached hydrogens (tertiary/aromatic N) is 1. The summed E-state index contributed by atoms with van der Waals surface area (Å²) in [5.74, 6) is -3.27. The summed E-state index contributed by atoms with van der Waals surface area (Å²) in [6.45, 7) is 3.92. The van der Waals surface area contributed by atoms with Crippen LogP contribution in [0.2, 0.25) is 0 Å². The first-order valence-electron chi connectivity index (χ1n) is 5.65. The third-order valence-electron chi connectivity index (χ3n) is 2.55. The molecule has 0 heterocycles. The van der Waals surface area contributed by atoms with Gasteiger partial charge in [0.15, 0.2) is 0 Å². The number of rotatable bonds is 5. The van der Waals surface area contributed by atoms with Gasteiger partial charge >= 0.3 is 5.69 Å². The van der Waals surface area contributed by atoms with Crippen molar-refractivity contribution in [1.82, 2.24) is 5.32 Å². The van der Waals surface area contributed by atoms with Crippen LogP contribution in [0.15, 0.2) is 12.1 Å². The Morgan fingerprint density at radius 1 is 1.45 bits per heavy atom. The van der Waals surface area contributed by atoms with Crippen molar-refractivity contribution in [1.29, 1.82) is 0 Å². The first-order chi connectivity index (χ1) is 9.18. The van der Waals surface area contributed by atoms with Gasteiger partial charge in [-0.25, -0.2) is 4.39 Å². The van der Waals surface area contributed by atoms with Gasteiger partial charge in [-0.1, -0.05) is 29.8 Å². The number of nitro groups is 1. The lowest BCUT2D eigenvalue weighted by molar-refractivity contribution is -0.387. The van der Waals surface area contributed by atoms with Crippen LogP contribution >= 0.6 is 15.9 Å². The van der Waals surface area contributed by atoms with Gasteiger partial charge in [0, 0.05) is 11.9 Å². The Morgan fingerprint density at radius 2 is 2.05 bits per heavy atom. The Balaban J connectivity index is 3.02. The highest BCUT2D eigenvalue weighted by Gasteiger charge is 2.25. The molecule has 0 saturated carbocycles. The zero-order valence-corrected chi connectivity index (χ0v) is 12.5. The fraction of sp³-hybridized carbons (Fsp3) is 0.417. The van der Waals surface area contributed by atoms with Crippen LogP contribution < -0.4 is 5.32 Å². The van der Waals surface area contributed by atoms with E-state index >= 15 is 0 Å². The number of benzene rings is 1. The zero-order chi connectivity index (χ0) is 15.5. The molecule has 0 atom stereocenters. The number of alkyl halides is 1. The standard InChI is InChI=1S/C12H13BrF2N2O3/c1-12(2,5-13)6-16-11(18)8-3-7(14)4-9(10(8)15)17(19)20/h3-4H,5-6H2,1-2H3,(H,16,18). The van der Waals surface area contributed by atoms with Crippen molar-refractivity contribution in [3.63, 3.8) is 0 Å². The molecule has 8 heteroatoms. The average Bonchev–Trinajstić information content (AvgIpc) is 2.38. The normalized spacial score (nSPS) is 11.2. The molecular formula is C12H13BrF2N2O3. The van der Waals surface area contributed by atoms with Crippen LogP contribution in [0, 0.1) is 27.2 Å². The molecule has 0 saturated heterocycles. The maximum atomic E-state index is 13.8. The van der Waals surface area contributed by atoms with Crippen LogP contribution in [0.3, 0.4) is 0 Å². The van der Waals surface area contributed by atoms with E-state index in [2.05, 4.69) is 21.2 Å². The highest BCUT2D eigenvalue weighted by Crippen LogP contribution is 2.23. The molecule has 5 nitrogen and oxygen atoms in total. The number of hydrogen-bond acceptors (Lipinski definition) is 3. The molecule has 0 aromatic heterocycles. The summed E-state index contributed by atoms with van der Waals surface area (Å²) in [4.78, 5) is 21.3. The van der Waals surface area contributed by atoms with Gasteiger partial charge in [-0.05, 0) is 11.5 Å². The first kappa shape index (κ1) is 16.5. The zero-order valence-electron chi connectivity index (χ0n) is 10.9. The molecule has 0 fully saturated rings. The summed E-state index contributed by atoms with van der Waals surface area (Å²) < 4.78 is 27.0. The number of carbonyl (C=O) groups is 1. The molecule has 0 unspecified atom stereocenters. The van der Waals surface area contributed by atoms with Gasteiger partial charge in [0.05, 0.1) is 16.6 Å². The number of carbonyl (C=O) groups excluding carboxylic acids is 1. The molecule has 1 aromatic carbocycles. The third-order valence-corrected chi connectivity index (χ3v) is 4.07. The second-order valence-electron chi connectivity index (χ2n) is 5.02. The van der Waals surface area contributed by atoms with E-state index in [0.717, 1.165) is 0 Å². The Bertz CT molecular complexity index is 550. The van der Waals surface area contributed by atoms with E-state index in [4.69, 9.17) is 0 Å². The molecule has 1 amide bonds. The van der Waals surface area contributed by atoms with E-state index in [9.17, 15) is 23.7 Å². The molecule has 110 valence electrons. The third kappa shape index (κ3) is 3.96. The average molecular weight is 351 g/mol. The minimum Gasteiger partial charge on any atom is -0.351 e. The van der Waals surface area contributed by atoms with Crippen LogP contribution in [0.1, 0.15) is 24.2 Å². The minimum absolute atomic E-state index is 0.209. The van der Waals surface area contributed by atoms with E-state index in [1.165, 1.54) is 0 Å². The highest BCUT2D eigenvalue weighted by molar-refractivity contribution is 9.09. The summed E-state index contributed by atoms with van der Waals surface area (Å²) in [6, 6.07) is 1.08. The topological polar surface area (TPSA) is 72.2 Å². The fourth-order valence-corrected chi connectivity index (χ4v) is 1.53. The van der Waals surface area contributed by atoms with Crippen LogP contribution in [0.5, 0.6) is 0 Å². The van der Waals surface area contributed by atoms with Crippen LogP contribution in [0.25, 0.3) is 0 Å². The predicted octanol–water partition coefficient (Wildman–Crippen LogP) is 3.02. The Morgan fingerprint density at radius 3 is 2.55 bits per heavy atom. The molecule has 1 rings (SSSR count). The molecule has 1 N–H and O–H groups in total. The van der Waals surface area contributed by atoms with Crippen LogP contribution in [-0.4, -0.2) is 22.7 Å². The number of halogens is 3. The van der Waals surface area contributed by atoms with E-state index < -0.39 is 33.7 Å². The summed E-state index contributed by atoms with van der Waals surface area (Å²) in [5, 5.41) is 13.6. The quantitative estimate of drug-likeness (QED) is 0.504. The van der Waals surface area contributed by atoms with Crippen molar-refractivity contribution in [2.75, 3.05) is 11.9 Å². The molecule has 0 bridgehead atoms. The maximum absolute atomic E-state index is 13.8. The Hall–Kier alpha value is -1.57. The largest absolute Gasteiger partial charge is 0.351 e. The highest BCUT2D eigenvalue weighted by atomic mass is 79.9. The molecule has 0 spiro atoms. The molecule has 0 radical (unpaired) electrons. The number of hydrogen-bond donors (Lipinski definition) is 1. The van der Waals surface area contributed by atoms with E-state index in [1.807, 2.05) is 13.8 Å². The lowest BCUT2D eigenvalue weighted by Crippen LogP contribution is -2.35. The van der Waals surface area contributed by atoms with Crippen molar-refractivity contribution in [3.05, 3.63) is 39.4 Å². The second-order valence-corrected chi connectivity index (χ2v) is 5.58. The monoisotopic (exact) mass is 350 g/mol. The number of amides is 1. The van der Waals surface area contributed by atoms with Gasteiger partial charge < -0.3 is 5.32 Å². The van der Waals surface area contributed by atoms with Crippen LogP contribution in [0.4, 0.5) is 14.5 Å². The van der Waals surface area contributed by atoms with Gasteiger partial charge in [-0.15, -0.1) is 0 Å². The smallest absolute Gasteiger partial charge is 0.308 e. The fourth-order valence-electron chi connectivity index (χ4n) is 1.33. The summed E-state index contributed by atoms with van der Waals surface area (Å²) in [7, 11) is 0. The SMILES string of the molecule is CC(C)(CBr)CNC(=O)c1cc(F)cc([N+](=O)[O-])c1F. The van der Waals surface area contributed by atoms with Gasteiger partial charge in [0.2, 0.25) is 5.82 Å². The lowest BCUT2D eigenvalue weighted by Gasteiger charge is -2.21. The molecule has 0 aliphatic rings. The van der Waals surface area contributed by atoms with Crippen molar-refractivity contribution >= 4 is 27.5 Å². The number of nitrogens with one attached hydrogen (secondary N) is 1. The van der Waals surface area contributed by atoms with Crippen molar-refractivity contribution in [2.24, 2.45) is 5.41 Å². The summed E-state index contributed by atoms with van der Waals surface area (Å²) >= 11 is 3.26. The van der Waals surface area contributed by atoms with E-state index in [-0.39, 0.29) is 12.0 Å². The first-order valence-corrected chi connectivity index (χ1v) is 6.77. The molecule has 20 heavy (non-hydrogen) atoms. The van der Waals surface area contributed by atoms with Crippen molar-refractivity contribution in [3.8, 4) is 0 Å². The van der Waals surface area contributed by atoms with Gasteiger partial charge in [-0.2, -0.15) is 4.39 Å². The van der Waals surface area contributed by atoms with Crippen LogP contribution in [-0.2, 0) is 0 Å². The van der Waals surface area contributed by atoms with Gasteiger partial charge in [0.1, 0.15) is 5.82 Å². The molecular weight excluding hydrogens is 338 g/mol. The Kier molecular flexibility index (Phi) is 5.15. The molecule has 1 aromatic rings. The number of nitro benzene ring substituents is 1. The van der Waals surface area contributed by atoms with Gasteiger partial charge in [-0.3, -0.25) is 14.9 Å². The second kappa shape index (κ2) is 6.25. The summed E-state index contributed by atoms with van der Waals surface area (Å²) in [6.07, 6.45) is 0. The molecule has 0 aliphatic carbocycles. The minimum atomic E-state index is -1.34. The van der Waals surface area contributed by atoms with E-state index in [0.29, 0.717) is 17.5 Å².